The quantitative estimate of drug-likeness (QED) is 0.795. The molecule has 2 rings (SSSR count). The molecule has 6 nitrogen and oxygen atoms in total. The second-order valence-electron chi connectivity index (χ2n) is 4.22. The lowest BCUT2D eigenvalue weighted by molar-refractivity contribution is 0.0945. The Bertz CT molecular complexity index is 760. The van der Waals surface area contributed by atoms with Crippen LogP contribution in [0.2, 0.25) is 0 Å². The average molecular weight is 370 g/mol. The summed E-state index contributed by atoms with van der Waals surface area (Å²) in [4.78, 5) is 16.0. The van der Waals surface area contributed by atoms with Gasteiger partial charge in [-0.15, -0.1) is 0 Å². The van der Waals surface area contributed by atoms with Gasteiger partial charge in [-0.25, -0.2) is 18.5 Å². The lowest BCUT2D eigenvalue weighted by Gasteiger charge is -2.06. The van der Waals surface area contributed by atoms with Gasteiger partial charge in [-0.2, -0.15) is 0 Å². The molecule has 0 saturated heterocycles. The lowest BCUT2D eigenvalue weighted by Crippen LogP contribution is -2.23. The summed E-state index contributed by atoms with van der Waals surface area (Å²) in [5.74, 6) is -0.313. The van der Waals surface area contributed by atoms with Gasteiger partial charge in [0.1, 0.15) is 10.3 Å². The van der Waals surface area contributed by atoms with E-state index in [1.54, 1.807) is 30.3 Å². The van der Waals surface area contributed by atoms with Crippen molar-refractivity contribution in [2.45, 2.75) is 11.4 Å². The SMILES string of the molecule is NS(=O)(=O)c1ccc(CNC(=O)c2cccc(Br)n2)cc1. The number of rotatable bonds is 4. The Balaban J connectivity index is 2.02. The number of amides is 1. The van der Waals surface area contributed by atoms with Crippen LogP contribution in [0.3, 0.4) is 0 Å². The molecular formula is C13H12BrN3O3S. The monoisotopic (exact) mass is 369 g/mol. The van der Waals surface area contributed by atoms with Gasteiger partial charge in [0.05, 0.1) is 4.90 Å². The molecule has 0 bridgehead atoms. The highest BCUT2D eigenvalue weighted by Gasteiger charge is 2.09. The average Bonchev–Trinajstić information content (AvgIpc) is 2.44. The Morgan fingerprint density at radius 3 is 2.43 bits per heavy atom. The molecule has 0 fully saturated rings. The van der Waals surface area contributed by atoms with Crippen molar-refractivity contribution in [3.05, 3.63) is 58.3 Å². The third-order valence-corrected chi connectivity index (χ3v) is 4.02. The minimum atomic E-state index is -3.70. The Hall–Kier alpha value is -1.77. The number of halogens is 1. The van der Waals surface area contributed by atoms with Gasteiger partial charge < -0.3 is 5.32 Å². The van der Waals surface area contributed by atoms with Crippen LogP contribution in [0, 0.1) is 0 Å². The van der Waals surface area contributed by atoms with Crippen molar-refractivity contribution in [1.29, 1.82) is 0 Å². The molecule has 8 heteroatoms. The molecule has 0 saturated carbocycles. The molecule has 0 unspecified atom stereocenters. The number of carbonyl (C=O) groups excluding carboxylic acids is 1. The maximum Gasteiger partial charge on any atom is 0.270 e. The number of hydrogen-bond donors (Lipinski definition) is 2. The van der Waals surface area contributed by atoms with E-state index in [1.807, 2.05) is 0 Å². The van der Waals surface area contributed by atoms with Crippen molar-refractivity contribution >= 4 is 31.9 Å². The molecule has 0 aliphatic carbocycles. The van der Waals surface area contributed by atoms with Crippen molar-refractivity contribution in [3.63, 3.8) is 0 Å². The van der Waals surface area contributed by atoms with Crippen LogP contribution in [0.15, 0.2) is 52.0 Å². The van der Waals surface area contributed by atoms with Crippen molar-refractivity contribution in [2.24, 2.45) is 5.14 Å². The lowest BCUT2D eigenvalue weighted by atomic mass is 10.2. The van der Waals surface area contributed by atoms with Gasteiger partial charge in [0.25, 0.3) is 5.91 Å². The highest BCUT2D eigenvalue weighted by Crippen LogP contribution is 2.09. The zero-order chi connectivity index (χ0) is 15.5. The van der Waals surface area contributed by atoms with Gasteiger partial charge >= 0.3 is 0 Å². The Kier molecular flexibility index (Phi) is 4.71. The smallest absolute Gasteiger partial charge is 0.270 e. The molecule has 2 aromatic rings. The van der Waals surface area contributed by atoms with Crippen molar-refractivity contribution in [1.82, 2.24) is 10.3 Å². The summed E-state index contributed by atoms with van der Waals surface area (Å²) in [6.07, 6.45) is 0. The number of benzene rings is 1. The number of primary sulfonamides is 1. The Morgan fingerprint density at radius 1 is 1.19 bits per heavy atom. The topological polar surface area (TPSA) is 102 Å². The van der Waals surface area contributed by atoms with E-state index in [4.69, 9.17) is 5.14 Å². The standard InChI is InChI=1S/C13H12BrN3O3S/c14-12-3-1-2-11(17-12)13(18)16-8-9-4-6-10(7-5-9)21(15,19)20/h1-7H,8H2,(H,16,18)(H2,15,19,20). The number of aromatic nitrogens is 1. The van der Waals surface area contributed by atoms with Gasteiger partial charge in [0.15, 0.2) is 0 Å². The van der Waals surface area contributed by atoms with E-state index in [9.17, 15) is 13.2 Å². The molecular weight excluding hydrogens is 358 g/mol. The summed E-state index contributed by atoms with van der Waals surface area (Å²) in [5, 5.41) is 7.71. The zero-order valence-corrected chi connectivity index (χ0v) is 13.2. The molecule has 0 atom stereocenters. The molecule has 0 aliphatic heterocycles. The van der Waals surface area contributed by atoms with E-state index < -0.39 is 10.0 Å². The van der Waals surface area contributed by atoms with Crippen molar-refractivity contribution in [2.75, 3.05) is 0 Å². The van der Waals surface area contributed by atoms with Crippen LogP contribution < -0.4 is 10.5 Å². The summed E-state index contributed by atoms with van der Waals surface area (Å²) in [6, 6.07) is 11.0. The number of hydrogen-bond acceptors (Lipinski definition) is 4. The summed E-state index contributed by atoms with van der Waals surface area (Å²) in [5.41, 5.74) is 1.05. The Labute approximate surface area is 130 Å². The first-order valence-corrected chi connectivity index (χ1v) is 8.23. The van der Waals surface area contributed by atoms with E-state index in [0.717, 1.165) is 5.56 Å². The van der Waals surface area contributed by atoms with Crippen LogP contribution >= 0.6 is 15.9 Å². The van der Waals surface area contributed by atoms with Crippen LogP contribution in [-0.2, 0) is 16.6 Å². The van der Waals surface area contributed by atoms with Crippen molar-refractivity contribution in [3.8, 4) is 0 Å². The fourth-order valence-corrected chi connectivity index (χ4v) is 2.46. The highest BCUT2D eigenvalue weighted by molar-refractivity contribution is 9.10. The molecule has 1 aromatic carbocycles. The van der Waals surface area contributed by atoms with Gasteiger partial charge in [-0.3, -0.25) is 4.79 Å². The summed E-state index contributed by atoms with van der Waals surface area (Å²) in [7, 11) is -3.70. The molecule has 0 aliphatic rings. The molecule has 21 heavy (non-hydrogen) atoms. The second kappa shape index (κ2) is 6.33. The van der Waals surface area contributed by atoms with Crippen LogP contribution in [0.4, 0.5) is 0 Å². The fraction of sp³-hybridized carbons (Fsp3) is 0.0769. The van der Waals surface area contributed by atoms with Gasteiger partial charge in [-0.1, -0.05) is 18.2 Å². The number of nitrogens with zero attached hydrogens (tertiary/aromatic N) is 1. The van der Waals surface area contributed by atoms with Gasteiger partial charge in [-0.05, 0) is 45.8 Å². The zero-order valence-electron chi connectivity index (χ0n) is 10.8. The number of nitrogens with two attached hydrogens (primary N) is 1. The molecule has 0 radical (unpaired) electrons. The summed E-state index contributed by atoms with van der Waals surface area (Å²) < 4.78 is 22.8. The molecule has 110 valence electrons. The van der Waals surface area contributed by atoms with Crippen LogP contribution in [0.25, 0.3) is 0 Å². The second-order valence-corrected chi connectivity index (χ2v) is 6.59. The molecule has 3 N–H and O–H groups in total. The maximum atomic E-state index is 11.9. The predicted octanol–water partition coefficient (Wildman–Crippen LogP) is 1.42. The van der Waals surface area contributed by atoms with Gasteiger partial charge in [0, 0.05) is 6.54 Å². The third-order valence-electron chi connectivity index (χ3n) is 2.65. The minimum absolute atomic E-state index is 0.0335. The molecule has 0 spiro atoms. The van der Waals surface area contributed by atoms with E-state index in [2.05, 4.69) is 26.2 Å². The van der Waals surface area contributed by atoms with Gasteiger partial charge in [0.2, 0.25) is 10.0 Å². The largest absolute Gasteiger partial charge is 0.347 e. The van der Waals surface area contributed by atoms with Crippen LogP contribution in [0.1, 0.15) is 16.1 Å². The summed E-state index contributed by atoms with van der Waals surface area (Å²) >= 11 is 3.19. The first kappa shape index (κ1) is 15.6. The normalized spacial score (nSPS) is 11.1. The highest BCUT2D eigenvalue weighted by atomic mass is 79.9. The number of sulfonamides is 1. The third kappa shape index (κ3) is 4.35. The maximum absolute atomic E-state index is 11.9. The van der Waals surface area contributed by atoms with E-state index in [-0.39, 0.29) is 17.3 Å². The fourth-order valence-electron chi connectivity index (χ4n) is 1.60. The predicted molar refractivity (Wildman–Crippen MR) is 80.9 cm³/mol. The Morgan fingerprint density at radius 2 is 1.86 bits per heavy atom. The molecule has 1 aromatic heterocycles. The summed E-state index contributed by atoms with van der Waals surface area (Å²) in [6.45, 7) is 0.262. The molecule has 1 amide bonds. The first-order chi connectivity index (χ1) is 9.86. The number of pyridine rings is 1. The van der Waals surface area contributed by atoms with Crippen molar-refractivity contribution < 1.29 is 13.2 Å². The van der Waals surface area contributed by atoms with E-state index >= 15 is 0 Å². The molecule has 1 heterocycles. The number of carbonyl (C=O) groups is 1. The van der Waals surface area contributed by atoms with E-state index in [1.165, 1.54) is 12.1 Å². The van der Waals surface area contributed by atoms with Crippen LogP contribution in [0.5, 0.6) is 0 Å². The first-order valence-electron chi connectivity index (χ1n) is 5.89. The minimum Gasteiger partial charge on any atom is -0.347 e. The van der Waals surface area contributed by atoms with Crippen LogP contribution in [-0.4, -0.2) is 19.3 Å². The van der Waals surface area contributed by atoms with E-state index in [0.29, 0.717) is 10.3 Å². The number of nitrogens with one attached hydrogen (secondary N) is 1.